The monoisotopic (exact) mass is 457 g/mol. The Bertz CT molecular complexity index is 1250. The Hall–Kier alpha value is -3.31. The predicted octanol–water partition coefficient (Wildman–Crippen LogP) is 1.56. The molecule has 0 radical (unpaired) electrons. The molecule has 32 heavy (non-hydrogen) atoms. The third-order valence-electron chi connectivity index (χ3n) is 5.54. The normalized spacial score (nSPS) is 14.8. The zero-order valence-corrected chi connectivity index (χ0v) is 18.0. The van der Waals surface area contributed by atoms with Crippen LogP contribution in [0.3, 0.4) is 0 Å². The van der Waals surface area contributed by atoms with Gasteiger partial charge in [0.05, 0.1) is 0 Å². The minimum atomic E-state index is -4.04. The van der Waals surface area contributed by atoms with Crippen molar-refractivity contribution in [2.75, 3.05) is 6.54 Å². The molecule has 1 fully saturated rings. The Balaban J connectivity index is 1.59. The van der Waals surface area contributed by atoms with Crippen molar-refractivity contribution in [2.45, 2.75) is 43.0 Å². The fraction of sp³-hybridized carbons (Fsp3) is 0.333. The Kier molecular flexibility index (Phi) is 6.19. The molecule has 1 aliphatic carbocycles. The number of carboxylic acid groups (broad SMARTS) is 1. The van der Waals surface area contributed by atoms with Gasteiger partial charge in [-0.2, -0.15) is 4.31 Å². The number of sulfonamides is 1. The van der Waals surface area contributed by atoms with Crippen molar-refractivity contribution in [2.24, 2.45) is 0 Å². The third kappa shape index (κ3) is 4.48. The third-order valence-corrected chi connectivity index (χ3v) is 7.42. The number of hydrogen-bond donors (Lipinski definition) is 2. The van der Waals surface area contributed by atoms with Crippen molar-refractivity contribution in [3.05, 3.63) is 70.5 Å². The topological polar surface area (TPSA) is 138 Å². The van der Waals surface area contributed by atoms with Gasteiger partial charge in [-0.3, -0.25) is 19.7 Å². The maximum Gasteiger partial charge on any atom is 0.318 e. The summed E-state index contributed by atoms with van der Waals surface area (Å²) in [6, 6.07) is 6.09. The molecule has 11 heteroatoms. The van der Waals surface area contributed by atoms with Crippen LogP contribution in [0, 0.1) is 0 Å². The lowest BCUT2D eigenvalue weighted by Gasteiger charge is -2.26. The van der Waals surface area contributed by atoms with E-state index in [1.807, 2.05) is 6.07 Å². The summed E-state index contributed by atoms with van der Waals surface area (Å²) in [7, 11) is -4.04. The molecule has 2 N–H and O–H groups in total. The van der Waals surface area contributed by atoms with Gasteiger partial charge in [0, 0.05) is 42.8 Å². The second kappa shape index (κ2) is 9.05. The van der Waals surface area contributed by atoms with E-state index in [4.69, 9.17) is 0 Å². The highest BCUT2D eigenvalue weighted by atomic mass is 32.2. The van der Waals surface area contributed by atoms with Gasteiger partial charge in [-0.15, -0.1) is 0 Å². The van der Waals surface area contributed by atoms with E-state index < -0.39 is 22.5 Å². The number of rotatable bonds is 8. The van der Waals surface area contributed by atoms with Crippen LogP contribution in [0.5, 0.6) is 0 Å². The summed E-state index contributed by atoms with van der Waals surface area (Å²) in [5, 5.41) is 12.1. The molecule has 3 aromatic heterocycles. The van der Waals surface area contributed by atoms with Crippen LogP contribution >= 0.6 is 0 Å². The fourth-order valence-electron chi connectivity index (χ4n) is 3.95. The lowest BCUT2D eigenvalue weighted by Crippen LogP contribution is -2.42. The number of aliphatic carboxylic acids is 1. The number of nitrogens with zero attached hydrogens (tertiary/aromatic N) is 4. The van der Waals surface area contributed by atoms with E-state index in [2.05, 4.69) is 15.1 Å². The van der Waals surface area contributed by atoms with Crippen molar-refractivity contribution in [1.82, 2.24) is 24.1 Å². The summed E-state index contributed by atoms with van der Waals surface area (Å²) in [6.45, 7) is -0.595. The van der Waals surface area contributed by atoms with Gasteiger partial charge >= 0.3 is 5.97 Å². The average molecular weight is 458 g/mol. The van der Waals surface area contributed by atoms with Crippen LogP contribution in [0.15, 0.2) is 58.7 Å². The smallest absolute Gasteiger partial charge is 0.318 e. The Morgan fingerprint density at radius 1 is 1.22 bits per heavy atom. The number of carbonyl (C=O) groups is 1. The van der Waals surface area contributed by atoms with E-state index in [1.54, 1.807) is 24.7 Å². The molecule has 10 nitrogen and oxygen atoms in total. The van der Waals surface area contributed by atoms with Crippen LogP contribution < -0.4 is 5.56 Å². The molecule has 0 atom stereocenters. The van der Waals surface area contributed by atoms with Crippen molar-refractivity contribution in [3.8, 4) is 5.82 Å². The summed E-state index contributed by atoms with van der Waals surface area (Å²) >= 11 is 0. The molecule has 0 saturated heterocycles. The zero-order chi connectivity index (χ0) is 22.7. The van der Waals surface area contributed by atoms with Gasteiger partial charge in [0.1, 0.15) is 11.4 Å². The maximum atomic E-state index is 13.1. The molecule has 0 aromatic carbocycles. The minimum absolute atomic E-state index is 0.107. The van der Waals surface area contributed by atoms with Crippen LogP contribution in [0.2, 0.25) is 0 Å². The highest BCUT2D eigenvalue weighted by Crippen LogP contribution is 2.28. The quantitative estimate of drug-likeness (QED) is 0.523. The Labute approximate surface area is 184 Å². The molecule has 3 aromatic rings. The van der Waals surface area contributed by atoms with Crippen LogP contribution in [0.4, 0.5) is 0 Å². The SMILES string of the molecule is O=C(O)CN(C1CCCC1)S(=O)(=O)c1ccc(-n2[nH]cc(Cc3cccnc3)c2=O)nc1. The summed E-state index contributed by atoms with van der Waals surface area (Å²) in [6.07, 6.45) is 9.47. The van der Waals surface area contributed by atoms with Gasteiger partial charge in [-0.25, -0.2) is 18.1 Å². The highest BCUT2D eigenvalue weighted by molar-refractivity contribution is 7.89. The summed E-state index contributed by atoms with van der Waals surface area (Å²) in [5.74, 6) is -0.971. The number of hydrogen-bond acceptors (Lipinski definition) is 6. The number of aromatic amines is 1. The van der Waals surface area contributed by atoms with Gasteiger partial charge in [-0.1, -0.05) is 18.9 Å². The molecule has 3 heterocycles. The van der Waals surface area contributed by atoms with Crippen molar-refractivity contribution in [1.29, 1.82) is 0 Å². The number of aromatic nitrogens is 4. The van der Waals surface area contributed by atoms with Gasteiger partial charge < -0.3 is 5.11 Å². The van der Waals surface area contributed by atoms with Crippen LogP contribution in [0.1, 0.15) is 36.8 Å². The molecule has 1 saturated carbocycles. The maximum absolute atomic E-state index is 13.1. The van der Waals surface area contributed by atoms with Gasteiger partial charge in [0.25, 0.3) is 5.56 Å². The van der Waals surface area contributed by atoms with E-state index in [-0.39, 0.29) is 22.3 Å². The molecule has 0 bridgehead atoms. The number of carboxylic acids is 1. The highest BCUT2D eigenvalue weighted by Gasteiger charge is 2.35. The van der Waals surface area contributed by atoms with Crippen LogP contribution in [0.25, 0.3) is 5.82 Å². The van der Waals surface area contributed by atoms with Crippen molar-refractivity contribution >= 4 is 16.0 Å². The number of H-pyrrole nitrogens is 1. The molecule has 1 aliphatic rings. The summed E-state index contributed by atoms with van der Waals surface area (Å²) in [4.78, 5) is 32.1. The first kappa shape index (κ1) is 21.9. The zero-order valence-electron chi connectivity index (χ0n) is 17.2. The predicted molar refractivity (Wildman–Crippen MR) is 115 cm³/mol. The number of nitrogens with one attached hydrogen (secondary N) is 1. The molecule has 4 rings (SSSR count). The first-order valence-corrected chi connectivity index (χ1v) is 11.7. The summed E-state index contributed by atoms with van der Waals surface area (Å²) < 4.78 is 28.5. The van der Waals surface area contributed by atoms with Crippen LogP contribution in [-0.4, -0.2) is 56.1 Å². The molecule has 168 valence electrons. The van der Waals surface area contributed by atoms with Crippen molar-refractivity contribution < 1.29 is 18.3 Å². The lowest BCUT2D eigenvalue weighted by molar-refractivity contribution is -0.137. The van der Waals surface area contributed by atoms with E-state index in [0.29, 0.717) is 24.8 Å². The van der Waals surface area contributed by atoms with Gasteiger partial charge in [0.15, 0.2) is 5.82 Å². The van der Waals surface area contributed by atoms with Gasteiger partial charge in [0.2, 0.25) is 10.0 Å². The van der Waals surface area contributed by atoms with E-state index in [1.165, 1.54) is 16.8 Å². The second-order valence-corrected chi connectivity index (χ2v) is 9.60. The molecule has 0 spiro atoms. The number of pyridine rings is 2. The van der Waals surface area contributed by atoms with E-state index >= 15 is 0 Å². The average Bonchev–Trinajstić information content (AvgIpc) is 3.43. The Morgan fingerprint density at radius 3 is 2.62 bits per heavy atom. The van der Waals surface area contributed by atoms with Gasteiger partial charge in [-0.05, 0) is 36.6 Å². The fourth-order valence-corrected chi connectivity index (χ4v) is 5.53. The molecule has 0 aliphatic heterocycles. The second-order valence-electron chi connectivity index (χ2n) is 7.71. The molecule has 0 amide bonds. The van der Waals surface area contributed by atoms with Crippen LogP contribution in [-0.2, 0) is 21.2 Å². The first-order chi connectivity index (χ1) is 15.4. The minimum Gasteiger partial charge on any atom is -0.480 e. The Morgan fingerprint density at radius 2 is 2.00 bits per heavy atom. The van der Waals surface area contributed by atoms with E-state index in [9.17, 15) is 23.1 Å². The summed E-state index contributed by atoms with van der Waals surface area (Å²) in [5.41, 5.74) is 1.11. The lowest BCUT2D eigenvalue weighted by atomic mass is 10.1. The van der Waals surface area contributed by atoms with E-state index in [0.717, 1.165) is 28.9 Å². The first-order valence-electron chi connectivity index (χ1n) is 10.2. The van der Waals surface area contributed by atoms with Crippen molar-refractivity contribution in [3.63, 3.8) is 0 Å². The molecular weight excluding hydrogens is 434 g/mol. The standard InChI is InChI=1S/C21H23N5O5S/c27-20(28)14-25(17-5-1-2-6-17)32(30,31)18-7-8-19(23-13-18)26-21(29)16(12-24-26)10-15-4-3-9-22-11-15/h3-4,7-9,11-13,17,24H,1-2,5-6,10,14H2,(H,27,28). The molecule has 0 unspecified atom stereocenters. The largest absolute Gasteiger partial charge is 0.480 e. The molecular formula is C21H23N5O5S.